The number of halogens is 2. The maximum Gasteiger partial charge on any atom is 0.309 e. The Morgan fingerprint density at radius 2 is 1.44 bits per heavy atom. The van der Waals surface area contributed by atoms with E-state index in [0.717, 1.165) is 15.6 Å². The van der Waals surface area contributed by atoms with E-state index in [9.17, 15) is 9.90 Å². The SMILES string of the molecule is O=C(NN=Cc1cc(Br)cc(Br)c1O)c1nc(-c2ccccc2)cc(-c2ccccc2)n1. The van der Waals surface area contributed by atoms with Gasteiger partial charge in [0.15, 0.2) is 0 Å². The molecule has 0 aliphatic rings. The van der Waals surface area contributed by atoms with Crippen LogP contribution in [0.5, 0.6) is 5.75 Å². The van der Waals surface area contributed by atoms with Gasteiger partial charge in [0.2, 0.25) is 5.82 Å². The first-order valence-electron chi connectivity index (χ1n) is 9.52. The summed E-state index contributed by atoms with van der Waals surface area (Å²) in [6, 6.07) is 24.4. The second-order valence-electron chi connectivity index (χ2n) is 6.72. The third kappa shape index (κ3) is 5.09. The van der Waals surface area contributed by atoms with Gasteiger partial charge in [-0.15, -0.1) is 0 Å². The molecule has 0 radical (unpaired) electrons. The van der Waals surface area contributed by atoms with E-state index in [0.29, 0.717) is 21.4 Å². The number of hydrazone groups is 1. The van der Waals surface area contributed by atoms with Crippen molar-refractivity contribution in [3.8, 4) is 28.3 Å². The molecule has 0 unspecified atom stereocenters. The lowest BCUT2D eigenvalue weighted by molar-refractivity contribution is 0.0945. The van der Waals surface area contributed by atoms with Gasteiger partial charge in [-0.05, 0) is 34.1 Å². The number of carbonyl (C=O) groups is 1. The quantitative estimate of drug-likeness (QED) is 0.242. The number of hydrogen-bond acceptors (Lipinski definition) is 5. The minimum Gasteiger partial charge on any atom is -0.506 e. The Kier molecular flexibility index (Phi) is 6.72. The number of aromatic hydroxyl groups is 1. The fourth-order valence-corrected chi connectivity index (χ4v) is 4.22. The van der Waals surface area contributed by atoms with Crippen LogP contribution in [0.4, 0.5) is 0 Å². The van der Waals surface area contributed by atoms with Gasteiger partial charge >= 0.3 is 5.91 Å². The first-order valence-corrected chi connectivity index (χ1v) is 11.1. The maximum absolute atomic E-state index is 12.8. The predicted octanol–water partition coefficient (Wildman–Crippen LogP) is 5.81. The van der Waals surface area contributed by atoms with Gasteiger partial charge in [-0.1, -0.05) is 76.6 Å². The van der Waals surface area contributed by atoms with E-state index in [1.54, 1.807) is 12.1 Å². The Morgan fingerprint density at radius 1 is 0.875 bits per heavy atom. The van der Waals surface area contributed by atoms with Gasteiger partial charge in [0.1, 0.15) is 5.75 Å². The summed E-state index contributed by atoms with van der Waals surface area (Å²) in [5, 5.41) is 14.1. The summed E-state index contributed by atoms with van der Waals surface area (Å²) < 4.78 is 1.26. The smallest absolute Gasteiger partial charge is 0.309 e. The number of phenolic OH excluding ortho intramolecular Hbond substituents is 1. The molecule has 8 heteroatoms. The molecular weight excluding hydrogens is 536 g/mol. The van der Waals surface area contributed by atoms with Crippen molar-refractivity contribution in [2.75, 3.05) is 0 Å². The highest BCUT2D eigenvalue weighted by atomic mass is 79.9. The highest BCUT2D eigenvalue weighted by Gasteiger charge is 2.14. The molecule has 32 heavy (non-hydrogen) atoms. The number of aromatic nitrogens is 2. The van der Waals surface area contributed by atoms with E-state index in [2.05, 4.69) is 52.4 Å². The molecule has 3 aromatic carbocycles. The van der Waals surface area contributed by atoms with Gasteiger partial charge in [-0.2, -0.15) is 5.10 Å². The molecule has 0 bridgehead atoms. The Hall–Kier alpha value is -3.36. The fraction of sp³-hybridized carbons (Fsp3) is 0. The van der Waals surface area contributed by atoms with Crippen molar-refractivity contribution in [3.63, 3.8) is 0 Å². The zero-order valence-corrected chi connectivity index (χ0v) is 19.7. The molecule has 1 heterocycles. The fourth-order valence-electron chi connectivity index (χ4n) is 2.96. The number of nitrogens with one attached hydrogen (secondary N) is 1. The molecule has 158 valence electrons. The average Bonchev–Trinajstić information content (AvgIpc) is 2.83. The third-order valence-corrected chi connectivity index (χ3v) is 5.56. The highest BCUT2D eigenvalue weighted by Crippen LogP contribution is 2.30. The van der Waals surface area contributed by atoms with Crippen molar-refractivity contribution in [1.82, 2.24) is 15.4 Å². The summed E-state index contributed by atoms with van der Waals surface area (Å²) in [6.45, 7) is 0. The van der Waals surface area contributed by atoms with Crippen molar-refractivity contribution in [1.29, 1.82) is 0 Å². The Labute approximate surface area is 201 Å². The standard InChI is InChI=1S/C24H16Br2N4O2/c25-18-11-17(22(31)19(26)12-18)14-27-30-24(32)23-28-20(15-7-3-1-4-8-15)13-21(29-23)16-9-5-2-6-10-16/h1-14,31H,(H,30,32). The number of hydrogen-bond donors (Lipinski definition) is 2. The number of amides is 1. The van der Waals surface area contributed by atoms with E-state index in [-0.39, 0.29) is 11.6 Å². The van der Waals surface area contributed by atoms with Crippen LogP contribution in [0, 0.1) is 0 Å². The van der Waals surface area contributed by atoms with Gasteiger partial charge in [0, 0.05) is 21.2 Å². The largest absolute Gasteiger partial charge is 0.506 e. The molecule has 1 aromatic heterocycles. The monoisotopic (exact) mass is 550 g/mol. The second kappa shape index (κ2) is 9.84. The van der Waals surface area contributed by atoms with Crippen LogP contribution >= 0.6 is 31.9 Å². The molecule has 0 aliphatic carbocycles. The number of phenols is 1. The van der Waals surface area contributed by atoms with Gasteiger partial charge in [-0.3, -0.25) is 4.79 Å². The summed E-state index contributed by atoms with van der Waals surface area (Å²) in [5.41, 5.74) is 5.85. The van der Waals surface area contributed by atoms with Crippen molar-refractivity contribution >= 4 is 44.0 Å². The van der Waals surface area contributed by atoms with E-state index >= 15 is 0 Å². The average molecular weight is 552 g/mol. The molecule has 1 amide bonds. The van der Waals surface area contributed by atoms with Gasteiger partial charge in [0.25, 0.3) is 0 Å². The number of nitrogens with zero attached hydrogens (tertiary/aromatic N) is 3. The van der Waals surface area contributed by atoms with Crippen LogP contribution in [0.3, 0.4) is 0 Å². The molecule has 6 nitrogen and oxygen atoms in total. The first kappa shape index (κ1) is 21.9. The molecule has 0 atom stereocenters. The van der Waals surface area contributed by atoms with E-state index in [1.807, 2.05) is 66.7 Å². The van der Waals surface area contributed by atoms with Crippen molar-refractivity contribution in [2.45, 2.75) is 0 Å². The van der Waals surface area contributed by atoms with Crippen LogP contribution in [0.2, 0.25) is 0 Å². The maximum atomic E-state index is 12.8. The second-order valence-corrected chi connectivity index (χ2v) is 8.49. The summed E-state index contributed by atoms with van der Waals surface area (Å²) in [7, 11) is 0. The van der Waals surface area contributed by atoms with Crippen molar-refractivity contribution in [3.05, 3.63) is 99.2 Å². The molecule has 0 aliphatic heterocycles. The Morgan fingerprint density at radius 3 is 2.00 bits per heavy atom. The molecule has 2 N–H and O–H groups in total. The molecule has 0 saturated heterocycles. The molecule has 0 saturated carbocycles. The molecule has 0 fully saturated rings. The zero-order valence-electron chi connectivity index (χ0n) is 16.5. The number of benzene rings is 3. The van der Waals surface area contributed by atoms with Crippen LogP contribution in [-0.4, -0.2) is 27.2 Å². The lowest BCUT2D eigenvalue weighted by atomic mass is 10.1. The van der Waals surface area contributed by atoms with Gasteiger partial charge < -0.3 is 5.11 Å². The minimum absolute atomic E-state index is 0.0120. The Bertz CT molecular complexity index is 1240. The molecular formula is C24H16Br2N4O2. The minimum atomic E-state index is -0.565. The van der Waals surface area contributed by atoms with E-state index in [1.165, 1.54) is 6.21 Å². The van der Waals surface area contributed by atoms with Crippen LogP contribution in [0.1, 0.15) is 16.2 Å². The summed E-state index contributed by atoms with van der Waals surface area (Å²) in [6.07, 6.45) is 1.35. The lowest BCUT2D eigenvalue weighted by Crippen LogP contribution is -2.21. The van der Waals surface area contributed by atoms with Crippen LogP contribution in [-0.2, 0) is 0 Å². The molecule has 4 rings (SSSR count). The van der Waals surface area contributed by atoms with Crippen LogP contribution < -0.4 is 5.43 Å². The topological polar surface area (TPSA) is 87.5 Å². The molecule has 0 spiro atoms. The summed E-state index contributed by atoms with van der Waals surface area (Å²) in [4.78, 5) is 21.7. The first-order chi connectivity index (χ1) is 15.5. The zero-order chi connectivity index (χ0) is 22.5. The van der Waals surface area contributed by atoms with Crippen LogP contribution in [0.25, 0.3) is 22.5 Å². The van der Waals surface area contributed by atoms with Gasteiger partial charge in [0.05, 0.1) is 22.1 Å². The van der Waals surface area contributed by atoms with E-state index < -0.39 is 5.91 Å². The summed E-state index contributed by atoms with van der Waals surface area (Å²) in [5.74, 6) is -0.563. The van der Waals surface area contributed by atoms with Crippen molar-refractivity contribution in [2.24, 2.45) is 5.10 Å². The van der Waals surface area contributed by atoms with Gasteiger partial charge in [-0.25, -0.2) is 15.4 Å². The normalized spacial score (nSPS) is 10.9. The third-order valence-electron chi connectivity index (χ3n) is 4.50. The van der Waals surface area contributed by atoms with Crippen molar-refractivity contribution < 1.29 is 9.90 Å². The predicted molar refractivity (Wildman–Crippen MR) is 131 cm³/mol. The number of rotatable bonds is 5. The number of carbonyl (C=O) groups excluding carboxylic acids is 1. The highest BCUT2D eigenvalue weighted by molar-refractivity contribution is 9.11. The lowest BCUT2D eigenvalue weighted by Gasteiger charge is -2.08. The Balaban J connectivity index is 1.66. The van der Waals surface area contributed by atoms with E-state index in [4.69, 9.17) is 0 Å². The van der Waals surface area contributed by atoms with Crippen LogP contribution in [0.15, 0.2) is 92.9 Å². The molecule has 4 aromatic rings. The summed E-state index contributed by atoms with van der Waals surface area (Å²) >= 11 is 6.62.